The van der Waals surface area contributed by atoms with Crippen molar-refractivity contribution in [1.29, 1.82) is 0 Å². The lowest BCUT2D eigenvalue weighted by atomic mass is 9.88. The smallest absolute Gasteiger partial charge is 0.156 e. The first kappa shape index (κ1) is 23.6. The molecule has 36 heavy (non-hydrogen) atoms. The van der Waals surface area contributed by atoms with Crippen LogP contribution < -0.4 is 10.1 Å². The molecule has 0 bridgehead atoms. The Morgan fingerprint density at radius 1 is 1.22 bits per heavy atom. The number of likely N-dealkylation sites (N-methyl/N-ethyl adjacent to an activating group) is 1. The van der Waals surface area contributed by atoms with Crippen molar-refractivity contribution in [2.24, 2.45) is 12.0 Å². The maximum atomic E-state index is 15.3. The number of nitrogens with zero attached hydrogens (tertiary/aromatic N) is 6. The second-order valence-corrected chi connectivity index (χ2v) is 9.11. The number of rotatable bonds is 8. The van der Waals surface area contributed by atoms with Crippen molar-refractivity contribution in [3.63, 3.8) is 0 Å². The number of hydrogen-bond donors (Lipinski definition) is 1. The molecule has 2 unspecified atom stereocenters. The molecule has 2 atom stereocenters. The topological polar surface area (TPSA) is 80.5 Å². The number of benzene rings is 2. The molecule has 2 aromatic carbocycles. The largest absolute Gasteiger partial charge is 0.488 e. The van der Waals surface area contributed by atoms with Crippen LogP contribution in [0.2, 0.25) is 0 Å². The Labute approximate surface area is 209 Å². The van der Waals surface area contributed by atoms with E-state index in [1.165, 1.54) is 12.4 Å². The van der Waals surface area contributed by atoms with Gasteiger partial charge in [0.2, 0.25) is 0 Å². The normalized spacial score (nSPS) is 17.1. The maximum Gasteiger partial charge on any atom is 0.156 e. The molecule has 1 aliphatic carbocycles. The number of aryl methyl sites for hydroxylation is 1. The van der Waals surface area contributed by atoms with Crippen molar-refractivity contribution in [1.82, 2.24) is 24.6 Å². The van der Waals surface area contributed by atoms with Gasteiger partial charge in [-0.3, -0.25) is 9.67 Å². The van der Waals surface area contributed by atoms with Crippen molar-refractivity contribution in [2.45, 2.75) is 25.0 Å². The summed E-state index contributed by atoms with van der Waals surface area (Å²) in [5, 5.41) is 8.13. The van der Waals surface area contributed by atoms with Gasteiger partial charge in [0, 0.05) is 30.4 Å². The Balaban J connectivity index is 1.63. The van der Waals surface area contributed by atoms with Gasteiger partial charge >= 0.3 is 0 Å². The van der Waals surface area contributed by atoms with Crippen LogP contribution in [0, 0.1) is 5.82 Å². The molecule has 0 radical (unpaired) electrons. The molecule has 9 heteroatoms. The fourth-order valence-corrected chi connectivity index (χ4v) is 4.56. The Morgan fingerprint density at radius 3 is 2.69 bits per heavy atom. The highest BCUT2D eigenvalue weighted by Crippen LogP contribution is 2.40. The fourth-order valence-electron chi connectivity index (χ4n) is 4.56. The molecular weight excluding hydrogens is 457 g/mol. The second kappa shape index (κ2) is 9.50. The number of halogens is 1. The van der Waals surface area contributed by atoms with Crippen LogP contribution in [-0.4, -0.2) is 57.6 Å². The van der Waals surface area contributed by atoms with Crippen LogP contribution >= 0.6 is 0 Å². The molecule has 0 spiro atoms. The van der Waals surface area contributed by atoms with Crippen molar-refractivity contribution in [2.75, 3.05) is 19.4 Å². The van der Waals surface area contributed by atoms with Crippen LogP contribution in [0.15, 0.2) is 54.6 Å². The number of ether oxygens (including phenoxy) is 1. The average Bonchev–Trinajstić information content (AvgIpc) is 3.28. The van der Waals surface area contributed by atoms with Gasteiger partial charge in [0.25, 0.3) is 0 Å². The van der Waals surface area contributed by atoms with Gasteiger partial charge in [0.1, 0.15) is 24.0 Å². The van der Waals surface area contributed by atoms with Crippen molar-refractivity contribution in [3.8, 4) is 16.9 Å². The highest BCUT2D eigenvalue weighted by atomic mass is 19.1. The molecule has 4 aromatic rings. The van der Waals surface area contributed by atoms with Crippen LogP contribution in [-0.2, 0) is 7.05 Å². The minimum Gasteiger partial charge on any atom is -0.488 e. The zero-order valence-corrected chi connectivity index (χ0v) is 20.6. The van der Waals surface area contributed by atoms with E-state index in [0.717, 1.165) is 24.0 Å². The lowest BCUT2D eigenvalue weighted by Crippen LogP contribution is -2.50. The van der Waals surface area contributed by atoms with Crippen LogP contribution in [0.1, 0.15) is 18.4 Å². The predicted octanol–water partition coefficient (Wildman–Crippen LogP) is 5.36. The van der Waals surface area contributed by atoms with Gasteiger partial charge in [-0.25, -0.2) is 14.4 Å². The number of anilines is 2. The van der Waals surface area contributed by atoms with Gasteiger partial charge < -0.3 is 15.0 Å². The Kier molecular flexibility index (Phi) is 6.24. The van der Waals surface area contributed by atoms with Crippen molar-refractivity contribution >= 4 is 40.9 Å². The van der Waals surface area contributed by atoms with Gasteiger partial charge in [0.05, 0.1) is 28.5 Å². The molecule has 5 rings (SSSR count). The summed E-state index contributed by atoms with van der Waals surface area (Å²) in [7, 11) is 5.99. The zero-order chi connectivity index (χ0) is 25.4. The average molecular weight is 486 g/mol. The first-order valence-electron chi connectivity index (χ1n) is 11.7. The lowest BCUT2D eigenvalue weighted by molar-refractivity contribution is 0.0206. The number of nitrogens with one attached hydrogen (secondary N) is 1. The van der Waals surface area contributed by atoms with E-state index in [4.69, 9.17) is 4.74 Å². The molecule has 1 fully saturated rings. The zero-order valence-electron chi connectivity index (χ0n) is 20.6. The molecule has 1 aliphatic rings. The second-order valence-electron chi connectivity index (χ2n) is 9.11. The molecular formula is C27H28FN7O. The van der Waals surface area contributed by atoms with E-state index in [2.05, 4.69) is 57.7 Å². The Bertz CT molecular complexity index is 1460. The Hall–Kier alpha value is -4.11. The molecule has 1 saturated carbocycles. The summed E-state index contributed by atoms with van der Waals surface area (Å²) < 4.78 is 23.6. The predicted molar refractivity (Wildman–Crippen MR) is 142 cm³/mol. The highest BCUT2D eigenvalue weighted by molar-refractivity contribution is 5.98. The summed E-state index contributed by atoms with van der Waals surface area (Å²) in [4.78, 5) is 15.0. The third-order valence-electron chi connectivity index (χ3n) is 6.64. The van der Waals surface area contributed by atoms with Gasteiger partial charge in [-0.1, -0.05) is 12.7 Å². The van der Waals surface area contributed by atoms with E-state index >= 15 is 4.39 Å². The molecule has 2 heterocycles. The van der Waals surface area contributed by atoms with Crippen LogP contribution in [0.25, 0.3) is 28.1 Å². The van der Waals surface area contributed by atoms with Crippen molar-refractivity contribution in [3.05, 3.63) is 60.9 Å². The highest BCUT2D eigenvalue weighted by Gasteiger charge is 2.35. The molecule has 1 N–H and O–H groups in total. The number of fused-ring (bicyclic) bond motifs is 1. The quantitative estimate of drug-likeness (QED) is 0.339. The summed E-state index contributed by atoms with van der Waals surface area (Å²) in [6.07, 6.45) is 8.68. The van der Waals surface area contributed by atoms with Crippen LogP contribution in [0.3, 0.4) is 0 Å². The molecule has 184 valence electrons. The number of aliphatic imine (C=N–C) groups is 1. The summed E-state index contributed by atoms with van der Waals surface area (Å²) >= 11 is 0. The maximum absolute atomic E-state index is 15.3. The number of hydrogen-bond acceptors (Lipinski definition) is 7. The van der Waals surface area contributed by atoms with Crippen LogP contribution in [0.4, 0.5) is 21.6 Å². The molecule has 0 aliphatic heterocycles. The molecule has 2 aromatic heterocycles. The van der Waals surface area contributed by atoms with Gasteiger partial charge in [-0.15, -0.1) is 0 Å². The fraction of sp³-hybridized carbons (Fsp3) is 0.259. The summed E-state index contributed by atoms with van der Waals surface area (Å²) in [6, 6.07) is 7.56. The summed E-state index contributed by atoms with van der Waals surface area (Å²) in [6.45, 7) is 7.22. The van der Waals surface area contributed by atoms with E-state index in [0.29, 0.717) is 34.2 Å². The molecule has 8 nitrogen and oxygen atoms in total. The third-order valence-corrected chi connectivity index (χ3v) is 6.64. The standard InChI is InChI=1S/C27H28FN7O/c1-6-18-19(29-2)7-8-20(26(18)28)33-27-25-21(30-15-31-27)11-16(17-13-32-35(5)14-17)12-24(25)36-23-10-9-22(23)34(3)4/h6-8,11-15,22-23H,1-2,9-10H2,3-5H3,(H,30,31,33). The summed E-state index contributed by atoms with van der Waals surface area (Å²) in [5.41, 5.74) is 3.49. The minimum absolute atomic E-state index is 0.0301. The van der Waals surface area contributed by atoms with Crippen LogP contribution in [0.5, 0.6) is 5.75 Å². The SMILES string of the molecule is C=Cc1c(N=C)ccc(Nc2ncnc3cc(-c4cnn(C)c4)cc(OC4CCC4N(C)C)c23)c1F. The van der Waals surface area contributed by atoms with Gasteiger partial charge in [-0.05, 0) is 63.5 Å². The van der Waals surface area contributed by atoms with E-state index in [1.54, 1.807) is 23.0 Å². The third kappa shape index (κ3) is 4.22. The van der Waals surface area contributed by atoms with E-state index in [1.807, 2.05) is 25.4 Å². The van der Waals surface area contributed by atoms with Gasteiger partial charge in [-0.2, -0.15) is 5.10 Å². The van der Waals surface area contributed by atoms with E-state index in [-0.39, 0.29) is 17.4 Å². The van der Waals surface area contributed by atoms with E-state index < -0.39 is 5.82 Å². The minimum atomic E-state index is -0.484. The van der Waals surface area contributed by atoms with E-state index in [9.17, 15) is 0 Å². The first-order valence-corrected chi connectivity index (χ1v) is 11.7. The van der Waals surface area contributed by atoms with Crippen molar-refractivity contribution < 1.29 is 9.13 Å². The lowest BCUT2D eigenvalue weighted by Gasteiger charge is -2.41. The van der Waals surface area contributed by atoms with Gasteiger partial charge in [0.15, 0.2) is 5.82 Å². The molecule has 0 saturated heterocycles. The first-order chi connectivity index (χ1) is 17.4. The monoisotopic (exact) mass is 485 g/mol. The number of aromatic nitrogens is 4. The summed E-state index contributed by atoms with van der Waals surface area (Å²) in [5.74, 6) is 0.601. The Morgan fingerprint density at radius 2 is 2.06 bits per heavy atom. The molecule has 0 amide bonds.